The van der Waals surface area contributed by atoms with Crippen LogP contribution >= 0.6 is 0 Å². The summed E-state index contributed by atoms with van der Waals surface area (Å²) in [5, 5.41) is 10.8. The van der Waals surface area contributed by atoms with Crippen LogP contribution in [-0.4, -0.2) is 11.1 Å². The molecule has 0 aliphatic carbocycles. The van der Waals surface area contributed by atoms with Crippen LogP contribution in [0, 0.1) is 22.9 Å². The summed E-state index contributed by atoms with van der Waals surface area (Å²) >= 11 is 0. The molecule has 0 saturated carbocycles. The quantitative estimate of drug-likeness (QED) is 0.477. The Kier molecular flexibility index (Phi) is 3.66. The fourth-order valence-electron chi connectivity index (χ4n) is 1.64. The predicted molar refractivity (Wildman–Crippen MR) is 71.5 cm³/mol. The number of hydrogen-bond acceptors (Lipinski definition) is 3. The summed E-state index contributed by atoms with van der Waals surface area (Å²) in [5.74, 6) is -0.316. The van der Waals surface area contributed by atoms with Crippen LogP contribution in [-0.2, 0) is 0 Å². The maximum Gasteiger partial charge on any atom is 0.274 e. The normalized spacial score (nSPS) is 10.8. The molecule has 0 N–H and O–H groups in total. The maximum absolute atomic E-state index is 12.7. The molecule has 0 bridgehead atoms. The molecule has 0 saturated heterocycles. The SMILES string of the molecule is Cc1c(N=Cc2ccc(F)cc2)cccc1[N+](=O)[O-]. The lowest BCUT2D eigenvalue weighted by atomic mass is 10.1. The van der Waals surface area contributed by atoms with E-state index in [1.165, 1.54) is 18.2 Å². The summed E-state index contributed by atoms with van der Waals surface area (Å²) in [6.45, 7) is 1.65. The molecule has 0 fully saturated rings. The zero-order valence-electron chi connectivity index (χ0n) is 10.2. The first-order valence-corrected chi connectivity index (χ1v) is 5.61. The van der Waals surface area contributed by atoms with Crippen molar-refractivity contribution in [3.63, 3.8) is 0 Å². The maximum atomic E-state index is 12.7. The molecule has 0 spiro atoms. The molecule has 2 aromatic carbocycles. The minimum absolute atomic E-state index is 0.0359. The third kappa shape index (κ3) is 3.01. The number of benzene rings is 2. The summed E-state index contributed by atoms with van der Waals surface area (Å²) < 4.78 is 12.7. The Bertz CT molecular complexity index is 636. The van der Waals surface area contributed by atoms with Gasteiger partial charge in [0.25, 0.3) is 5.69 Å². The van der Waals surface area contributed by atoms with Gasteiger partial charge in [-0.15, -0.1) is 0 Å². The van der Waals surface area contributed by atoms with E-state index in [2.05, 4.69) is 4.99 Å². The largest absolute Gasteiger partial charge is 0.274 e. The van der Waals surface area contributed by atoms with Gasteiger partial charge in [0.05, 0.1) is 16.2 Å². The van der Waals surface area contributed by atoms with Crippen LogP contribution in [0.1, 0.15) is 11.1 Å². The number of hydrogen-bond donors (Lipinski definition) is 0. The Morgan fingerprint density at radius 1 is 1.21 bits per heavy atom. The Balaban J connectivity index is 2.31. The number of aliphatic imine (C=N–C) groups is 1. The molecule has 4 nitrogen and oxygen atoms in total. The molecule has 2 aromatic rings. The van der Waals surface area contributed by atoms with Crippen molar-refractivity contribution in [1.82, 2.24) is 0 Å². The molecule has 0 heterocycles. The first-order chi connectivity index (χ1) is 9.08. The van der Waals surface area contributed by atoms with Gasteiger partial charge in [0.2, 0.25) is 0 Å². The fraction of sp³-hybridized carbons (Fsp3) is 0.0714. The molecule has 0 unspecified atom stereocenters. The van der Waals surface area contributed by atoms with Crippen molar-refractivity contribution in [1.29, 1.82) is 0 Å². The monoisotopic (exact) mass is 258 g/mol. The molecule has 0 aliphatic heterocycles. The first-order valence-electron chi connectivity index (χ1n) is 5.61. The van der Waals surface area contributed by atoms with E-state index in [-0.39, 0.29) is 11.5 Å². The van der Waals surface area contributed by atoms with E-state index >= 15 is 0 Å². The van der Waals surface area contributed by atoms with Gasteiger partial charge in [-0.3, -0.25) is 15.1 Å². The van der Waals surface area contributed by atoms with E-state index in [1.807, 2.05) is 0 Å². The predicted octanol–water partition coefficient (Wildman–Crippen LogP) is 3.79. The molecule has 0 aromatic heterocycles. The standard InChI is InChI=1S/C14H11FN2O2/c1-10-13(3-2-4-14(10)17(18)19)16-9-11-5-7-12(15)8-6-11/h2-9H,1H3. The van der Waals surface area contributed by atoms with E-state index in [9.17, 15) is 14.5 Å². The van der Waals surface area contributed by atoms with Crippen LogP contribution in [0.5, 0.6) is 0 Å². The lowest BCUT2D eigenvalue weighted by Crippen LogP contribution is -1.91. The van der Waals surface area contributed by atoms with E-state index < -0.39 is 4.92 Å². The average molecular weight is 258 g/mol. The van der Waals surface area contributed by atoms with Crippen molar-refractivity contribution < 1.29 is 9.31 Å². The number of nitro benzene ring substituents is 1. The third-order valence-corrected chi connectivity index (χ3v) is 2.70. The molecule has 19 heavy (non-hydrogen) atoms. The van der Waals surface area contributed by atoms with Gasteiger partial charge in [-0.1, -0.05) is 18.2 Å². The van der Waals surface area contributed by atoms with Crippen molar-refractivity contribution in [2.24, 2.45) is 4.99 Å². The highest BCUT2D eigenvalue weighted by atomic mass is 19.1. The lowest BCUT2D eigenvalue weighted by Gasteiger charge is -2.00. The molecular weight excluding hydrogens is 247 g/mol. The van der Waals surface area contributed by atoms with E-state index in [1.54, 1.807) is 37.4 Å². The highest BCUT2D eigenvalue weighted by molar-refractivity contribution is 5.82. The van der Waals surface area contributed by atoms with Crippen molar-refractivity contribution in [3.8, 4) is 0 Å². The highest BCUT2D eigenvalue weighted by Crippen LogP contribution is 2.27. The summed E-state index contributed by atoms with van der Waals surface area (Å²) in [4.78, 5) is 14.6. The second kappa shape index (κ2) is 5.39. The van der Waals surface area contributed by atoms with Crippen LogP contribution in [0.3, 0.4) is 0 Å². The van der Waals surface area contributed by atoms with Gasteiger partial charge >= 0.3 is 0 Å². The van der Waals surface area contributed by atoms with E-state index in [4.69, 9.17) is 0 Å². The van der Waals surface area contributed by atoms with Crippen LogP contribution in [0.2, 0.25) is 0 Å². The van der Waals surface area contributed by atoms with Gasteiger partial charge in [-0.25, -0.2) is 4.39 Å². The number of rotatable bonds is 3. The van der Waals surface area contributed by atoms with Crippen LogP contribution < -0.4 is 0 Å². The van der Waals surface area contributed by atoms with Gasteiger partial charge < -0.3 is 0 Å². The third-order valence-electron chi connectivity index (χ3n) is 2.70. The van der Waals surface area contributed by atoms with Crippen molar-refractivity contribution in [2.75, 3.05) is 0 Å². The second-order valence-electron chi connectivity index (χ2n) is 3.99. The van der Waals surface area contributed by atoms with Gasteiger partial charge in [0.1, 0.15) is 5.82 Å². The highest BCUT2D eigenvalue weighted by Gasteiger charge is 2.12. The minimum Gasteiger partial charge on any atom is -0.258 e. The Labute approximate surface area is 109 Å². The van der Waals surface area contributed by atoms with E-state index in [0.29, 0.717) is 11.3 Å². The smallest absolute Gasteiger partial charge is 0.258 e. The zero-order chi connectivity index (χ0) is 13.8. The Morgan fingerprint density at radius 2 is 1.89 bits per heavy atom. The lowest BCUT2D eigenvalue weighted by molar-refractivity contribution is -0.385. The molecule has 0 atom stereocenters. The fourth-order valence-corrected chi connectivity index (χ4v) is 1.64. The summed E-state index contributed by atoms with van der Waals surface area (Å²) in [7, 11) is 0. The van der Waals surface area contributed by atoms with Gasteiger partial charge in [-0.05, 0) is 30.7 Å². The number of nitro groups is 1. The van der Waals surface area contributed by atoms with Crippen molar-refractivity contribution >= 4 is 17.6 Å². The van der Waals surface area contributed by atoms with Gasteiger partial charge in [-0.2, -0.15) is 0 Å². The van der Waals surface area contributed by atoms with Crippen LogP contribution in [0.15, 0.2) is 47.5 Å². The molecule has 2 rings (SSSR count). The first kappa shape index (κ1) is 12.9. The van der Waals surface area contributed by atoms with E-state index in [0.717, 1.165) is 5.56 Å². The van der Waals surface area contributed by atoms with Crippen LogP contribution in [0.25, 0.3) is 0 Å². The zero-order valence-corrected chi connectivity index (χ0v) is 10.2. The average Bonchev–Trinajstić information content (AvgIpc) is 2.39. The molecule has 5 heteroatoms. The summed E-state index contributed by atoms with van der Waals surface area (Å²) in [5.41, 5.74) is 1.80. The van der Waals surface area contributed by atoms with Crippen molar-refractivity contribution in [2.45, 2.75) is 6.92 Å². The molecule has 0 aliphatic rings. The molecule has 0 radical (unpaired) electrons. The minimum atomic E-state index is -0.438. The molecule has 96 valence electrons. The van der Waals surface area contributed by atoms with Crippen molar-refractivity contribution in [3.05, 3.63) is 69.5 Å². The Hall–Kier alpha value is -2.56. The van der Waals surface area contributed by atoms with Crippen LogP contribution in [0.4, 0.5) is 15.8 Å². The number of nitrogens with zero attached hydrogens (tertiary/aromatic N) is 2. The topological polar surface area (TPSA) is 55.5 Å². The van der Waals surface area contributed by atoms with Gasteiger partial charge in [0, 0.05) is 12.3 Å². The second-order valence-corrected chi connectivity index (χ2v) is 3.99. The number of halogens is 1. The summed E-state index contributed by atoms with van der Waals surface area (Å²) in [6.07, 6.45) is 1.55. The molecule has 0 amide bonds. The molecular formula is C14H11FN2O2. The van der Waals surface area contributed by atoms with Gasteiger partial charge in [0.15, 0.2) is 0 Å². The summed E-state index contributed by atoms with van der Waals surface area (Å²) in [6, 6.07) is 10.6. The Morgan fingerprint density at radius 3 is 2.53 bits per heavy atom.